The second kappa shape index (κ2) is 13.7. The molecule has 0 saturated carbocycles. The number of non-ortho nitro benzene ring substituents is 1. The van der Waals surface area contributed by atoms with E-state index in [1.165, 1.54) is 12.1 Å². The van der Waals surface area contributed by atoms with Gasteiger partial charge in [-0.1, -0.05) is 26.0 Å². The molecule has 1 aromatic rings. The molecule has 1 aromatic carbocycles. The number of aliphatic imine (C=N–C) groups is 1. The largest absolute Gasteiger partial charge is 0.382 e. The van der Waals surface area contributed by atoms with Crippen LogP contribution in [-0.4, -0.2) is 36.7 Å². The summed E-state index contributed by atoms with van der Waals surface area (Å²) in [6, 6.07) is 6.77. The molecule has 0 aliphatic carbocycles. The van der Waals surface area contributed by atoms with E-state index in [2.05, 4.69) is 36.4 Å². The number of nitrogens with zero attached hydrogens (tertiary/aromatic N) is 2. The molecule has 1 atom stereocenters. The standard InChI is InChI=1S/C18H30N4O3.HI/c1-5-25-12-6-11-19-18(21-15(4)14(2)3)20-13-16-7-9-17(10-8-16)22(23)24;/h7-10,14-15H,5-6,11-13H2,1-4H3,(H2,19,20,21);1H. The van der Waals surface area contributed by atoms with Crippen molar-refractivity contribution in [2.45, 2.75) is 46.7 Å². The predicted molar refractivity (Wildman–Crippen MR) is 116 cm³/mol. The van der Waals surface area contributed by atoms with E-state index in [1.54, 1.807) is 12.1 Å². The number of hydrogen-bond donors (Lipinski definition) is 2. The lowest BCUT2D eigenvalue weighted by atomic mass is 10.1. The Morgan fingerprint density at radius 1 is 1.27 bits per heavy atom. The highest BCUT2D eigenvalue weighted by molar-refractivity contribution is 14.0. The minimum absolute atomic E-state index is 0. The molecule has 7 nitrogen and oxygen atoms in total. The molecule has 1 rings (SSSR count). The summed E-state index contributed by atoms with van der Waals surface area (Å²) in [6.45, 7) is 11.1. The monoisotopic (exact) mass is 478 g/mol. The van der Waals surface area contributed by atoms with Crippen molar-refractivity contribution in [1.82, 2.24) is 10.6 Å². The Kier molecular flexibility index (Phi) is 13.0. The molecule has 148 valence electrons. The van der Waals surface area contributed by atoms with Gasteiger partial charge in [-0.15, -0.1) is 24.0 Å². The number of ether oxygens (including phenoxy) is 1. The number of halogens is 1. The van der Waals surface area contributed by atoms with Crippen LogP contribution in [0.15, 0.2) is 29.3 Å². The molecule has 0 saturated heterocycles. The van der Waals surface area contributed by atoms with Crippen molar-refractivity contribution < 1.29 is 9.66 Å². The Bertz CT molecular complexity index is 550. The molecule has 8 heteroatoms. The molecule has 0 aliphatic rings. The number of benzene rings is 1. The van der Waals surface area contributed by atoms with Crippen molar-refractivity contribution in [3.05, 3.63) is 39.9 Å². The van der Waals surface area contributed by atoms with Crippen LogP contribution in [-0.2, 0) is 11.3 Å². The minimum atomic E-state index is -0.399. The highest BCUT2D eigenvalue weighted by atomic mass is 127. The number of rotatable bonds is 10. The average Bonchev–Trinajstić information content (AvgIpc) is 2.59. The first-order valence-corrected chi connectivity index (χ1v) is 8.80. The SMILES string of the molecule is CCOCCCNC(=NCc1ccc([N+](=O)[O-])cc1)NC(C)C(C)C.I. The lowest BCUT2D eigenvalue weighted by Gasteiger charge is -2.21. The van der Waals surface area contributed by atoms with Crippen LogP contribution in [0.2, 0.25) is 0 Å². The molecule has 0 amide bonds. The highest BCUT2D eigenvalue weighted by Crippen LogP contribution is 2.12. The topological polar surface area (TPSA) is 88.8 Å². The van der Waals surface area contributed by atoms with Gasteiger partial charge in [0.05, 0.1) is 11.5 Å². The maximum atomic E-state index is 10.7. The number of nitro groups is 1. The van der Waals surface area contributed by atoms with E-state index in [0.29, 0.717) is 12.5 Å². The van der Waals surface area contributed by atoms with Crippen LogP contribution < -0.4 is 10.6 Å². The van der Waals surface area contributed by atoms with Gasteiger partial charge < -0.3 is 15.4 Å². The van der Waals surface area contributed by atoms with E-state index in [4.69, 9.17) is 4.74 Å². The third kappa shape index (κ3) is 9.91. The van der Waals surface area contributed by atoms with Gasteiger partial charge in [0.25, 0.3) is 5.69 Å². The van der Waals surface area contributed by atoms with Gasteiger partial charge in [0, 0.05) is 37.9 Å². The van der Waals surface area contributed by atoms with Crippen LogP contribution in [0.1, 0.15) is 39.7 Å². The van der Waals surface area contributed by atoms with Crippen molar-refractivity contribution >= 4 is 35.6 Å². The quantitative estimate of drug-likeness (QED) is 0.134. The first kappa shape index (κ1) is 24.6. The van der Waals surface area contributed by atoms with Gasteiger partial charge in [-0.05, 0) is 31.7 Å². The second-order valence-electron chi connectivity index (χ2n) is 6.24. The van der Waals surface area contributed by atoms with Crippen LogP contribution in [0.5, 0.6) is 0 Å². The summed E-state index contributed by atoms with van der Waals surface area (Å²) in [6.07, 6.45) is 0.905. The third-order valence-corrected chi connectivity index (χ3v) is 3.89. The molecule has 0 heterocycles. The molecule has 0 aliphatic heterocycles. The van der Waals surface area contributed by atoms with Gasteiger partial charge in [-0.25, -0.2) is 4.99 Å². The normalized spacial score (nSPS) is 12.4. The van der Waals surface area contributed by atoms with Crippen LogP contribution in [0.4, 0.5) is 5.69 Å². The predicted octanol–water partition coefficient (Wildman–Crippen LogP) is 3.72. The van der Waals surface area contributed by atoms with E-state index in [1.807, 2.05) is 6.92 Å². The Morgan fingerprint density at radius 3 is 2.46 bits per heavy atom. The number of nitro benzene ring substituents is 1. The first-order valence-electron chi connectivity index (χ1n) is 8.80. The van der Waals surface area contributed by atoms with Crippen LogP contribution >= 0.6 is 24.0 Å². The van der Waals surface area contributed by atoms with Crippen molar-refractivity contribution in [2.75, 3.05) is 19.8 Å². The summed E-state index contributed by atoms with van der Waals surface area (Å²) in [5, 5.41) is 17.4. The van der Waals surface area contributed by atoms with Gasteiger partial charge in [-0.2, -0.15) is 0 Å². The summed E-state index contributed by atoms with van der Waals surface area (Å²) in [5.41, 5.74) is 1.02. The van der Waals surface area contributed by atoms with E-state index in [-0.39, 0.29) is 35.7 Å². The molecule has 0 fully saturated rings. The van der Waals surface area contributed by atoms with Crippen LogP contribution in [0, 0.1) is 16.0 Å². The fourth-order valence-corrected chi connectivity index (χ4v) is 1.95. The summed E-state index contributed by atoms with van der Waals surface area (Å²) in [4.78, 5) is 14.9. The molecule has 0 spiro atoms. The first-order chi connectivity index (χ1) is 11.9. The Hall–Kier alpha value is -1.42. The Balaban J connectivity index is 0.00000625. The van der Waals surface area contributed by atoms with Gasteiger partial charge in [0.15, 0.2) is 5.96 Å². The smallest absolute Gasteiger partial charge is 0.269 e. The summed E-state index contributed by atoms with van der Waals surface area (Å²) in [5.74, 6) is 1.23. The minimum Gasteiger partial charge on any atom is -0.382 e. The zero-order chi connectivity index (χ0) is 18.7. The van der Waals surface area contributed by atoms with Crippen LogP contribution in [0.3, 0.4) is 0 Å². The summed E-state index contributed by atoms with van der Waals surface area (Å²) >= 11 is 0. The second-order valence-corrected chi connectivity index (χ2v) is 6.24. The number of guanidine groups is 1. The van der Waals surface area contributed by atoms with E-state index in [9.17, 15) is 10.1 Å². The zero-order valence-electron chi connectivity index (χ0n) is 16.0. The van der Waals surface area contributed by atoms with E-state index < -0.39 is 4.92 Å². The third-order valence-electron chi connectivity index (χ3n) is 3.89. The number of nitrogens with one attached hydrogen (secondary N) is 2. The van der Waals surface area contributed by atoms with Crippen molar-refractivity contribution in [1.29, 1.82) is 0 Å². The molecule has 26 heavy (non-hydrogen) atoms. The van der Waals surface area contributed by atoms with Crippen molar-refractivity contribution in [3.8, 4) is 0 Å². The molecule has 1 unspecified atom stereocenters. The fourth-order valence-electron chi connectivity index (χ4n) is 1.95. The summed E-state index contributed by atoms with van der Waals surface area (Å²) < 4.78 is 5.34. The molecule has 0 aromatic heterocycles. The van der Waals surface area contributed by atoms with Crippen molar-refractivity contribution in [2.24, 2.45) is 10.9 Å². The fraction of sp³-hybridized carbons (Fsp3) is 0.611. The van der Waals surface area contributed by atoms with Crippen LogP contribution in [0.25, 0.3) is 0 Å². The summed E-state index contributed by atoms with van der Waals surface area (Å²) in [7, 11) is 0. The molecule has 2 N–H and O–H groups in total. The molecular weight excluding hydrogens is 447 g/mol. The molecule has 0 radical (unpaired) electrons. The lowest BCUT2D eigenvalue weighted by molar-refractivity contribution is -0.384. The van der Waals surface area contributed by atoms with Crippen molar-refractivity contribution in [3.63, 3.8) is 0 Å². The van der Waals surface area contributed by atoms with Gasteiger partial charge in [0.1, 0.15) is 0 Å². The van der Waals surface area contributed by atoms with Gasteiger partial charge >= 0.3 is 0 Å². The zero-order valence-corrected chi connectivity index (χ0v) is 18.4. The lowest BCUT2D eigenvalue weighted by Crippen LogP contribution is -2.44. The van der Waals surface area contributed by atoms with Gasteiger partial charge in [0.2, 0.25) is 0 Å². The maximum absolute atomic E-state index is 10.7. The molecule has 0 bridgehead atoms. The maximum Gasteiger partial charge on any atom is 0.269 e. The Morgan fingerprint density at radius 2 is 1.92 bits per heavy atom. The number of hydrogen-bond acceptors (Lipinski definition) is 4. The molecular formula is C18H31IN4O3. The highest BCUT2D eigenvalue weighted by Gasteiger charge is 2.09. The van der Waals surface area contributed by atoms with E-state index >= 15 is 0 Å². The Labute approximate surface area is 173 Å². The van der Waals surface area contributed by atoms with Gasteiger partial charge in [-0.3, -0.25) is 10.1 Å². The van der Waals surface area contributed by atoms with E-state index in [0.717, 1.165) is 37.7 Å². The average molecular weight is 478 g/mol.